The summed E-state index contributed by atoms with van der Waals surface area (Å²) >= 11 is 0. The van der Waals surface area contributed by atoms with Crippen LogP contribution in [0.15, 0.2) is 66.7 Å². The third kappa shape index (κ3) is 4.67. The van der Waals surface area contributed by atoms with Gasteiger partial charge in [-0.05, 0) is 60.4 Å². The molecule has 2 heterocycles. The number of carbonyl (C=O) groups excluding carboxylic acids is 1. The van der Waals surface area contributed by atoms with Gasteiger partial charge in [0.05, 0.1) is 18.2 Å². The predicted molar refractivity (Wildman–Crippen MR) is 107 cm³/mol. The Bertz CT molecular complexity index is 987. The molecule has 1 aliphatic rings. The van der Waals surface area contributed by atoms with Crippen LogP contribution < -0.4 is 0 Å². The number of pyridine rings is 1. The van der Waals surface area contributed by atoms with Gasteiger partial charge in [0, 0.05) is 18.7 Å². The maximum absolute atomic E-state index is 13.1. The topological polar surface area (TPSA) is 33.2 Å². The second-order valence-corrected chi connectivity index (χ2v) is 7.41. The Labute approximate surface area is 169 Å². The van der Waals surface area contributed by atoms with Gasteiger partial charge >= 0.3 is 0 Å². The summed E-state index contributed by atoms with van der Waals surface area (Å²) in [4.78, 5) is 19.5. The van der Waals surface area contributed by atoms with Crippen LogP contribution in [0.25, 0.3) is 0 Å². The zero-order valence-corrected chi connectivity index (χ0v) is 16.0. The van der Waals surface area contributed by atoms with Gasteiger partial charge < -0.3 is 4.90 Å². The number of carbonyl (C=O) groups is 1. The minimum atomic E-state index is -0.303. The fourth-order valence-electron chi connectivity index (χ4n) is 3.84. The van der Waals surface area contributed by atoms with E-state index < -0.39 is 0 Å². The van der Waals surface area contributed by atoms with Crippen molar-refractivity contribution in [2.24, 2.45) is 0 Å². The van der Waals surface area contributed by atoms with Gasteiger partial charge in [0.25, 0.3) is 0 Å². The van der Waals surface area contributed by atoms with E-state index in [1.807, 2.05) is 23.1 Å². The van der Waals surface area contributed by atoms with E-state index in [0.29, 0.717) is 13.0 Å². The van der Waals surface area contributed by atoms with E-state index in [2.05, 4.69) is 0 Å². The SMILES string of the molecule is O=C(Cc1ccc(F)cc1)N1CCC[C@@H]1c1cccc(Cc2ccc(F)cc2)n1. The molecule has 0 spiro atoms. The van der Waals surface area contributed by atoms with Crippen molar-refractivity contribution in [2.75, 3.05) is 6.54 Å². The van der Waals surface area contributed by atoms with Gasteiger partial charge in [0.15, 0.2) is 0 Å². The molecule has 0 radical (unpaired) electrons. The molecule has 1 amide bonds. The molecule has 1 saturated heterocycles. The summed E-state index contributed by atoms with van der Waals surface area (Å²) in [7, 11) is 0. The molecule has 3 nitrogen and oxygen atoms in total. The molecule has 3 aromatic rings. The van der Waals surface area contributed by atoms with Gasteiger partial charge in [-0.25, -0.2) is 8.78 Å². The number of nitrogens with zero attached hydrogens (tertiary/aromatic N) is 2. The lowest BCUT2D eigenvalue weighted by molar-refractivity contribution is -0.131. The number of rotatable bonds is 5. The molecule has 0 saturated carbocycles. The van der Waals surface area contributed by atoms with E-state index in [-0.39, 0.29) is 30.0 Å². The molecule has 2 aromatic carbocycles. The molecule has 1 atom stereocenters. The first kappa shape index (κ1) is 19.2. The van der Waals surface area contributed by atoms with Gasteiger partial charge in [-0.3, -0.25) is 9.78 Å². The lowest BCUT2D eigenvalue weighted by Gasteiger charge is -2.25. The summed E-state index contributed by atoms with van der Waals surface area (Å²) in [6.07, 6.45) is 2.68. The standard InChI is InChI=1S/C24H22F2N2O/c25-19-10-6-17(7-11-19)15-21-3-1-4-22(27-21)23-5-2-14-28(23)24(29)16-18-8-12-20(26)13-9-18/h1,3-4,6-13,23H,2,5,14-16H2/t23-/m1/s1. The van der Waals surface area contributed by atoms with E-state index in [1.54, 1.807) is 24.3 Å². The molecule has 1 aliphatic heterocycles. The number of halogens is 2. The van der Waals surface area contributed by atoms with Crippen LogP contribution >= 0.6 is 0 Å². The molecule has 4 rings (SSSR count). The monoisotopic (exact) mass is 392 g/mol. The van der Waals surface area contributed by atoms with Crippen LogP contribution in [0.4, 0.5) is 8.78 Å². The summed E-state index contributed by atoms with van der Waals surface area (Å²) in [6, 6.07) is 18.3. The first-order valence-electron chi connectivity index (χ1n) is 9.83. The summed E-state index contributed by atoms with van der Waals surface area (Å²) in [5.74, 6) is -0.524. The van der Waals surface area contributed by atoms with Gasteiger partial charge in [-0.2, -0.15) is 0 Å². The molecule has 1 fully saturated rings. The molecule has 0 unspecified atom stereocenters. The van der Waals surface area contributed by atoms with Gasteiger partial charge in [0.1, 0.15) is 11.6 Å². The first-order chi connectivity index (χ1) is 14.1. The summed E-state index contributed by atoms with van der Waals surface area (Å²) in [5, 5.41) is 0. The van der Waals surface area contributed by atoms with E-state index in [1.165, 1.54) is 24.3 Å². The zero-order chi connectivity index (χ0) is 20.2. The third-order valence-corrected chi connectivity index (χ3v) is 5.31. The number of likely N-dealkylation sites (tertiary alicyclic amines) is 1. The lowest BCUT2D eigenvalue weighted by Crippen LogP contribution is -2.32. The second-order valence-electron chi connectivity index (χ2n) is 7.41. The van der Waals surface area contributed by atoms with E-state index in [0.717, 1.165) is 35.4 Å². The second kappa shape index (κ2) is 8.52. The Hall–Kier alpha value is -3.08. The maximum atomic E-state index is 13.1. The van der Waals surface area contributed by atoms with Crippen LogP contribution in [-0.2, 0) is 17.6 Å². The fraction of sp³-hybridized carbons (Fsp3) is 0.250. The third-order valence-electron chi connectivity index (χ3n) is 5.31. The average molecular weight is 392 g/mol. The van der Waals surface area contributed by atoms with Gasteiger partial charge in [-0.1, -0.05) is 30.3 Å². The predicted octanol–water partition coefficient (Wildman–Crippen LogP) is 4.86. The van der Waals surface area contributed by atoms with Crippen molar-refractivity contribution in [3.63, 3.8) is 0 Å². The number of amides is 1. The van der Waals surface area contributed by atoms with E-state index in [4.69, 9.17) is 4.98 Å². The lowest BCUT2D eigenvalue weighted by atomic mass is 10.1. The number of hydrogen-bond acceptors (Lipinski definition) is 2. The molecule has 0 bridgehead atoms. The molecular weight excluding hydrogens is 370 g/mol. The van der Waals surface area contributed by atoms with Crippen molar-refractivity contribution in [2.45, 2.75) is 31.7 Å². The van der Waals surface area contributed by atoms with Crippen LogP contribution in [0, 0.1) is 11.6 Å². The Morgan fingerprint density at radius 3 is 2.28 bits per heavy atom. The summed E-state index contributed by atoms with van der Waals surface area (Å²) < 4.78 is 26.2. The van der Waals surface area contributed by atoms with Crippen LogP contribution in [0.1, 0.15) is 41.4 Å². The summed E-state index contributed by atoms with van der Waals surface area (Å²) in [5.41, 5.74) is 3.58. The van der Waals surface area contributed by atoms with Crippen molar-refractivity contribution < 1.29 is 13.6 Å². The normalized spacial score (nSPS) is 16.2. The molecule has 0 aliphatic carbocycles. The van der Waals surface area contributed by atoms with Crippen molar-refractivity contribution in [3.8, 4) is 0 Å². The molecule has 148 valence electrons. The highest BCUT2D eigenvalue weighted by Gasteiger charge is 2.30. The Morgan fingerprint density at radius 1 is 0.931 bits per heavy atom. The van der Waals surface area contributed by atoms with Crippen molar-refractivity contribution in [1.29, 1.82) is 0 Å². The molecule has 1 aromatic heterocycles. The van der Waals surface area contributed by atoms with Crippen molar-refractivity contribution >= 4 is 5.91 Å². The molecular formula is C24H22F2N2O. The summed E-state index contributed by atoms with van der Waals surface area (Å²) in [6.45, 7) is 0.703. The highest BCUT2D eigenvalue weighted by molar-refractivity contribution is 5.79. The smallest absolute Gasteiger partial charge is 0.227 e. The molecule has 5 heteroatoms. The van der Waals surface area contributed by atoms with Crippen LogP contribution in [0.3, 0.4) is 0 Å². The van der Waals surface area contributed by atoms with Crippen LogP contribution in [-0.4, -0.2) is 22.3 Å². The molecule has 29 heavy (non-hydrogen) atoms. The quantitative estimate of drug-likeness (QED) is 0.621. The Morgan fingerprint density at radius 2 is 1.59 bits per heavy atom. The van der Waals surface area contributed by atoms with E-state index in [9.17, 15) is 13.6 Å². The number of hydrogen-bond donors (Lipinski definition) is 0. The highest BCUT2D eigenvalue weighted by atomic mass is 19.1. The van der Waals surface area contributed by atoms with E-state index >= 15 is 0 Å². The average Bonchev–Trinajstić information content (AvgIpc) is 3.22. The van der Waals surface area contributed by atoms with Crippen LogP contribution in [0.2, 0.25) is 0 Å². The van der Waals surface area contributed by atoms with Crippen molar-refractivity contribution in [3.05, 3.63) is 101 Å². The Balaban J connectivity index is 1.48. The zero-order valence-electron chi connectivity index (χ0n) is 16.0. The first-order valence-corrected chi connectivity index (χ1v) is 9.83. The van der Waals surface area contributed by atoms with Gasteiger partial charge in [-0.15, -0.1) is 0 Å². The number of aromatic nitrogens is 1. The largest absolute Gasteiger partial charge is 0.334 e. The van der Waals surface area contributed by atoms with Gasteiger partial charge in [0.2, 0.25) is 5.91 Å². The fourth-order valence-corrected chi connectivity index (χ4v) is 3.84. The minimum absolute atomic E-state index is 0.0323. The highest BCUT2D eigenvalue weighted by Crippen LogP contribution is 2.31. The number of benzene rings is 2. The van der Waals surface area contributed by atoms with Crippen molar-refractivity contribution in [1.82, 2.24) is 9.88 Å². The molecule has 0 N–H and O–H groups in total. The maximum Gasteiger partial charge on any atom is 0.227 e. The Kier molecular flexibility index (Phi) is 5.65. The van der Waals surface area contributed by atoms with Crippen LogP contribution in [0.5, 0.6) is 0 Å². The minimum Gasteiger partial charge on any atom is -0.334 e.